The standard InChI is InChI=1S/C16H24BrOSi/c1-8-9-18-14-12(17)10-11(2)15(19(6)7)13(14)16(3,4)5/h8,10H,1,9H2,2-7H3. The van der Waals surface area contributed by atoms with Gasteiger partial charge in [0.15, 0.2) is 0 Å². The van der Waals surface area contributed by atoms with Crippen LogP contribution in [0.4, 0.5) is 0 Å². The fourth-order valence-electron chi connectivity index (χ4n) is 2.40. The Balaban J connectivity index is 3.60. The second-order valence-electron chi connectivity index (χ2n) is 6.10. The molecule has 1 radical (unpaired) electrons. The average Bonchev–Trinajstić information content (AvgIpc) is 2.25. The van der Waals surface area contributed by atoms with Crippen molar-refractivity contribution in [3.63, 3.8) is 0 Å². The molecule has 0 saturated carbocycles. The first-order valence-corrected chi connectivity index (χ1v) is 9.87. The summed E-state index contributed by atoms with van der Waals surface area (Å²) in [6.45, 7) is 17.9. The molecule has 0 spiro atoms. The number of hydrogen-bond donors (Lipinski definition) is 0. The summed E-state index contributed by atoms with van der Waals surface area (Å²) in [5.74, 6) is 0.985. The molecule has 0 atom stereocenters. The molecule has 0 aliphatic heterocycles. The molecule has 1 nitrogen and oxygen atoms in total. The normalized spacial score (nSPS) is 11.8. The highest BCUT2D eigenvalue weighted by molar-refractivity contribution is 9.10. The summed E-state index contributed by atoms with van der Waals surface area (Å²) in [6, 6.07) is 2.18. The van der Waals surface area contributed by atoms with Crippen LogP contribution in [-0.2, 0) is 5.41 Å². The molecule has 0 N–H and O–H groups in total. The summed E-state index contributed by atoms with van der Waals surface area (Å²) in [4.78, 5) is 0. The molecule has 0 aliphatic carbocycles. The first kappa shape index (κ1) is 16.5. The second-order valence-corrected chi connectivity index (χ2v) is 9.46. The molecule has 1 aromatic carbocycles. The third-order valence-corrected chi connectivity index (χ3v) is 5.26. The van der Waals surface area contributed by atoms with E-state index in [1.807, 2.05) is 0 Å². The molecule has 0 unspecified atom stereocenters. The number of benzene rings is 1. The highest BCUT2D eigenvalue weighted by Crippen LogP contribution is 2.37. The fourth-order valence-corrected chi connectivity index (χ4v) is 4.91. The van der Waals surface area contributed by atoms with E-state index in [-0.39, 0.29) is 5.41 Å². The maximum atomic E-state index is 5.94. The van der Waals surface area contributed by atoms with Gasteiger partial charge in [0.25, 0.3) is 0 Å². The molecule has 0 bridgehead atoms. The van der Waals surface area contributed by atoms with Crippen molar-refractivity contribution in [2.24, 2.45) is 0 Å². The van der Waals surface area contributed by atoms with E-state index in [0.717, 1.165) is 10.2 Å². The quantitative estimate of drug-likeness (QED) is 0.576. The first-order valence-electron chi connectivity index (χ1n) is 6.58. The Kier molecular flexibility index (Phi) is 5.45. The number of halogens is 1. The zero-order valence-corrected chi connectivity index (χ0v) is 15.4. The summed E-state index contributed by atoms with van der Waals surface area (Å²) in [7, 11) is -0.544. The van der Waals surface area contributed by atoms with Crippen molar-refractivity contribution < 1.29 is 4.74 Å². The van der Waals surface area contributed by atoms with E-state index >= 15 is 0 Å². The maximum Gasteiger partial charge on any atom is 0.137 e. The number of hydrogen-bond acceptors (Lipinski definition) is 1. The van der Waals surface area contributed by atoms with Crippen molar-refractivity contribution >= 4 is 29.9 Å². The zero-order chi connectivity index (χ0) is 14.8. The van der Waals surface area contributed by atoms with Crippen LogP contribution in [0, 0.1) is 6.92 Å². The molecule has 0 fully saturated rings. The first-order chi connectivity index (χ1) is 8.70. The van der Waals surface area contributed by atoms with Crippen LogP contribution < -0.4 is 9.92 Å². The summed E-state index contributed by atoms with van der Waals surface area (Å²) >= 11 is 3.66. The van der Waals surface area contributed by atoms with Gasteiger partial charge in [-0.05, 0) is 39.9 Å². The van der Waals surface area contributed by atoms with Gasteiger partial charge in [-0.3, -0.25) is 0 Å². The molecule has 0 aromatic heterocycles. The Labute approximate surface area is 127 Å². The van der Waals surface area contributed by atoms with Crippen LogP contribution in [0.25, 0.3) is 0 Å². The minimum atomic E-state index is -0.544. The lowest BCUT2D eigenvalue weighted by Gasteiger charge is -2.29. The van der Waals surface area contributed by atoms with Crippen molar-refractivity contribution in [2.45, 2.75) is 46.2 Å². The summed E-state index contributed by atoms with van der Waals surface area (Å²) < 4.78 is 6.99. The molecule has 1 aromatic rings. The van der Waals surface area contributed by atoms with Gasteiger partial charge in [-0.2, -0.15) is 0 Å². The van der Waals surface area contributed by atoms with Crippen LogP contribution >= 0.6 is 15.9 Å². The van der Waals surface area contributed by atoms with Gasteiger partial charge in [0.05, 0.1) is 13.3 Å². The van der Waals surface area contributed by atoms with E-state index in [4.69, 9.17) is 4.74 Å². The van der Waals surface area contributed by atoms with Gasteiger partial charge < -0.3 is 4.74 Å². The lowest BCUT2D eigenvalue weighted by molar-refractivity contribution is 0.349. The molecular weight excluding hydrogens is 316 g/mol. The summed E-state index contributed by atoms with van der Waals surface area (Å²) in [6.07, 6.45) is 1.79. The molecule has 3 heteroatoms. The number of aryl methyl sites for hydroxylation is 1. The summed E-state index contributed by atoms with van der Waals surface area (Å²) in [5.41, 5.74) is 2.78. The molecule has 0 saturated heterocycles. The molecule has 0 aliphatic rings. The molecule has 0 heterocycles. The van der Waals surface area contributed by atoms with Crippen LogP contribution in [0.5, 0.6) is 5.75 Å². The molecule has 105 valence electrons. The van der Waals surface area contributed by atoms with Gasteiger partial charge in [-0.15, -0.1) is 0 Å². The zero-order valence-electron chi connectivity index (χ0n) is 12.9. The Morgan fingerprint density at radius 3 is 2.37 bits per heavy atom. The van der Waals surface area contributed by atoms with Crippen LogP contribution in [-0.4, -0.2) is 15.4 Å². The molecular formula is C16H24BrOSi. The average molecular weight is 340 g/mol. The smallest absolute Gasteiger partial charge is 0.137 e. The van der Waals surface area contributed by atoms with Crippen LogP contribution in [0.1, 0.15) is 31.9 Å². The molecule has 19 heavy (non-hydrogen) atoms. The highest BCUT2D eigenvalue weighted by atomic mass is 79.9. The van der Waals surface area contributed by atoms with Crippen molar-refractivity contribution in [1.29, 1.82) is 0 Å². The van der Waals surface area contributed by atoms with E-state index in [1.54, 1.807) is 6.08 Å². The van der Waals surface area contributed by atoms with E-state index in [2.05, 4.69) is 69.4 Å². The van der Waals surface area contributed by atoms with E-state index in [1.165, 1.54) is 16.3 Å². The van der Waals surface area contributed by atoms with Gasteiger partial charge in [-0.1, -0.05) is 57.3 Å². The Bertz CT molecular complexity index is 473. The van der Waals surface area contributed by atoms with Gasteiger partial charge in [0.2, 0.25) is 0 Å². The van der Waals surface area contributed by atoms with Gasteiger partial charge in [0.1, 0.15) is 12.4 Å². The van der Waals surface area contributed by atoms with Crippen LogP contribution in [0.15, 0.2) is 23.2 Å². The Morgan fingerprint density at radius 1 is 1.37 bits per heavy atom. The Hall–Kier alpha value is -0.543. The lowest BCUT2D eigenvalue weighted by atomic mass is 9.85. The van der Waals surface area contributed by atoms with Crippen molar-refractivity contribution in [3.05, 3.63) is 34.3 Å². The van der Waals surface area contributed by atoms with Crippen LogP contribution in [0.3, 0.4) is 0 Å². The third-order valence-electron chi connectivity index (χ3n) is 3.03. The Morgan fingerprint density at radius 2 is 1.95 bits per heavy atom. The minimum absolute atomic E-state index is 0.0717. The molecule has 1 rings (SSSR count). The monoisotopic (exact) mass is 339 g/mol. The van der Waals surface area contributed by atoms with Gasteiger partial charge in [0, 0.05) is 0 Å². The van der Waals surface area contributed by atoms with Crippen molar-refractivity contribution in [2.75, 3.05) is 6.61 Å². The van der Waals surface area contributed by atoms with Gasteiger partial charge >= 0.3 is 0 Å². The van der Waals surface area contributed by atoms with E-state index in [0.29, 0.717) is 6.61 Å². The maximum absolute atomic E-state index is 5.94. The van der Waals surface area contributed by atoms with Crippen molar-refractivity contribution in [3.8, 4) is 5.75 Å². The predicted molar refractivity (Wildman–Crippen MR) is 90.4 cm³/mol. The lowest BCUT2D eigenvalue weighted by Crippen LogP contribution is -2.35. The predicted octanol–water partition coefficient (Wildman–Crippen LogP) is 4.58. The van der Waals surface area contributed by atoms with Crippen molar-refractivity contribution in [1.82, 2.24) is 0 Å². The number of rotatable bonds is 4. The topological polar surface area (TPSA) is 9.23 Å². The van der Waals surface area contributed by atoms with Crippen LogP contribution in [0.2, 0.25) is 13.1 Å². The number of ether oxygens (including phenoxy) is 1. The molecule has 0 amide bonds. The second kappa shape index (κ2) is 6.27. The van der Waals surface area contributed by atoms with E-state index < -0.39 is 8.80 Å². The van der Waals surface area contributed by atoms with E-state index in [9.17, 15) is 0 Å². The summed E-state index contributed by atoms with van der Waals surface area (Å²) in [5, 5.41) is 1.50. The SMILES string of the molecule is C=CCOc1c(Br)cc(C)c([Si](C)C)c1C(C)(C)C. The highest BCUT2D eigenvalue weighted by Gasteiger charge is 2.27. The fraction of sp³-hybridized carbons (Fsp3) is 0.500. The largest absolute Gasteiger partial charge is 0.488 e. The van der Waals surface area contributed by atoms with Gasteiger partial charge in [-0.25, -0.2) is 0 Å². The third kappa shape index (κ3) is 3.73. The minimum Gasteiger partial charge on any atom is -0.488 e.